The molecule has 0 bridgehead atoms. The van der Waals surface area contributed by atoms with Crippen LogP contribution in [0.2, 0.25) is 0 Å². The van der Waals surface area contributed by atoms with Crippen molar-refractivity contribution < 1.29 is 9.90 Å². The summed E-state index contributed by atoms with van der Waals surface area (Å²) in [6.45, 7) is 5.26. The number of thiocarbonyl (C=S) groups is 1. The average Bonchev–Trinajstić information content (AvgIpc) is 2.90. The van der Waals surface area contributed by atoms with Gasteiger partial charge in [0.05, 0.1) is 12.2 Å². The number of carbonyl (C=O) groups is 1. The molecule has 1 aliphatic heterocycles. The summed E-state index contributed by atoms with van der Waals surface area (Å²) in [4.78, 5) is 15.1. The van der Waals surface area contributed by atoms with Gasteiger partial charge in [0.15, 0.2) is 5.11 Å². The molecular weight excluding hydrogens is 478 g/mol. The number of aryl methyl sites for hydroxylation is 2. The molecule has 6 heteroatoms. The fraction of sp³-hybridized carbons (Fsp3) is 0.290. The zero-order chi connectivity index (χ0) is 25.9. The summed E-state index contributed by atoms with van der Waals surface area (Å²) in [7, 11) is 0. The molecule has 0 radical (unpaired) electrons. The molecule has 0 saturated carbocycles. The van der Waals surface area contributed by atoms with E-state index in [0.29, 0.717) is 29.7 Å². The Bertz CT molecular complexity index is 1380. The van der Waals surface area contributed by atoms with Gasteiger partial charge >= 0.3 is 0 Å². The molecule has 1 heterocycles. The Labute approximate surface area is 224 Å². The number of nitrogens with zero attached hydrogens (tertiary/aromatic N) is 1. The molecule has 3 aromatic carbocycles. The van der Waals surface area contributed by atoms with E-state index >= 15 is 0 Å². The Morgan fingerprint density at radius 2 is 1.97 bits per heavy atom. The molecule has 2 aliphatic rings. The van der Waals surface area contributed by atoms with Crippen molar-refractivity contribution in [3.8, 4) is 5.75 Å². The van der Waals surface area contributed by atoms with Gasteiger partial charge in [-0.25, -0.2) is 0 Å². The molecule has 0 saturated heterocycles. The van der Waals surface area contributed by atoms with Gasteiger partial charge in [-0.05, 0) is 91.2 Å². The molecule has 0 fully saturated rings. The van der Waals surface area contributed by atoms with E-state index in [-0.39, 0.29) is 11.7 Å². The first-order valence-electron chi connectivity index (χ1n) is 13.0. The highest BCUT2D eigenvalue weighted by Gasteiger charge is 2.26. The fourth-order valence-electron chi connectivity index (χ4n) is 5.31. The SMILES string of the molecule is CC/C=C1/c2ccc(C(=O)NCC3CCc4ccccc4C3)cc2NC(=S)N1Cc1ccc(O)c(C)c1. The number of hydrogen-bond acceptors (Lipinski definition) is 3. The maximum Gasteiger partial charge on any atom is 0.251 e. The second kappa shape index (κ2) is 10.8. The van der Waals surface area contributed by atoms with Crippen LogP contribution in [-0.4, -0.2) is 27.6 Å². The number of hydrogen-bond donors (Lipinski definition) is 3. The number of phenolic OH excluding ortho intramolecular Hbond substituents is 1. The lowest BCUT2D eigenvalue weighted by Gasteiger charge is -2.35. The maximum absolute atomic E-state index is 13.1. The second-order valence-electron chi connectivity index (χ2n) is 9.98. The van der Waals surface area contributed by atoms with Crippen molar-refractivity contribution in [3.05, 3.63) is 100 Å². The van der Waals surface area contributed by atoms with Crippen LogP contribution >= 0.6 is 12.2 Å². The summed E-state index contributed by atoms with van der Waals surface area (Å²) < 4.78 is 0. The summed E-state index contributed by atoms with van der Waals surface area (Å²) in [5, 5.41) is 17.0. The third kappa shape index (κ3) is 5.39. The molecule has 5 rings (SSSR count). The van der Waals surface area contributed by atoms with Crippen LogP contribution in [0.25, 0.3) is 5.70 Å². The fourth-order valence-corrected chi connectivity index (χ4v) is 5.58. The number of anilines is 1. The smallest absolute Gasteiger partial charge is 0.251 e. The van der Waals surface area contributed by atoms with Crippen LogP contribution in [0.5, 0.6) is 5.75 Å². The Morgan fingerprint density at radius 3 is 2.76 bits per heavy atom. The molecule has 190 valence electrons. The van der Waals surface area contributed by atoms with Crippen molar-refractivity contribution in [1.82, 2.24) is 10.2 Å². The van der Waals surface area contributed by atoms with Crippen molar-refractivity contribution in [1.29, 1.82) is 0 Å². The first-order valence-corrected chi connectivity index (χ1v) is 13.4. The summed E-state index contributed by atoms with van der Waals surface area (Å²) in [6, 6.07) is 20.0. The van der Waals surface area contributed by atoms with Crippen molar-refractivity contribution in [2.75, 3.05) is 11.9 Å². The Kier molecular flexibility index (Phi) is 7.28. The van der Waals surface area contributed by atoms with Gasteiger partial charge in [-0.1, -0.05) is 55.5 Å². The van der Waals surface area contributed by atoms with E-state index in [1.54, 1.807) is 6.07 Å². The van der Waals surface area contributed by atoms with Gasteiger partial charge in [0.1, 0.15) is 5.75 Å². The van der Waals surface area contributed by atoms with E-state index in [1.807, 2.05) is 37.3 Å². The van der Waals surface area contributed by atoms with Gasteiger partial charge in [-0.2, -0.15) is 0 Å². The van der Waals surface area contributed by atoms with Gasteiger partial charge in [0.25, 0.3) is 5.91 Å². The van der Waals surface area contributed by atoms with Crippen LogP contribution < -0.4 is 10.6 Å². The summed E-state index contributed by atoms with van der Waals surface area (Å²) in [5.41, 5.74) is 8.26. The highest BCUT2D eigenvalue weighted by Crippen LogP contribution is 2.35. The quantitative estimate of drug-likeness (QED) is 0.344. The van der Waals surface area contributed by atoms with Crippen LogP contribution in [0.15, 0.2) is 66.7 Å². The lowest BCUT2D eigenvalue weighted by Crippen LogP contribution is -2.37. The van der Waals surface area contributed by atoms with Gasteiger partial charge < -0.3 is 20.6 Å². The zero-order valence-corrected chi connectivity index (χ0v) is 22.2. The number of fused-ring (bicyclic) bond motifs is 2. The normalized spacial score (nSPS) is 17.7. The lowest BCUT2D eigenvalue weighted by molar-refractivity contribution is 0.0946. The third-order valence-electron chi connectivity index (χ3n) is 7.33. The van der Waals surface area contributed by atoms with Crippen LogP contribution in [0, 0.1) is 12.8 Å². The largest absolute Gasteiger partial charge is 0.508 e. The van der Waals surface area contributed by atoms with Crippen LogP contribution in [0.3, 0.4) is 0 Å². The number of amides is 1. The van der Waals surface area contributed by atoms with Crippen molar-refractivity contribution in [2.24, 2.45) is 5.92 Å². The van der Waals surface area contributed by atoms with E-state index in [1.165, 1.54) is 11.1 Å². The Hall–Kier alpha value is -3.64. The molecule has 1 amide bonds. The minimum absolute atomic E-state index is 0.0580. The van der Waals surface area contributed by atoms with Gasteiger partial charge in [-0.3, -0.25) is 4.79 Å². The number of phenols is 1. The molecule has 1 atom stereocenters. The highest BCUT2D eigenvalue weighted by molar-refractivity contribution is 7.80. The standard InChI is InChI=1S/C31H33N3O2S/c1-3-6-28-26-13-12-25(30(36)32-18-21-9-11-23-7-4-5-8-24(23)16-21)17-27(26)33-31(37)34(28)19-22-10-14-29(35)20(2)15-22/h4-8,10,12-15,17,21,35H,3,9,11,16,18-19H2,1-2H3,(H,32,36)(H,33,37)/b28-6-. The number of aromatic hydroxyl groups is 1. The van der Waals surface area contributed by atoms with E-state index in [4.69, 9.17) is 12.2 Å². The molecular formula is C31H33N3O2S. The van der Waals surface area contributed by atoms with Gasteiger partial charge in [0.2, 0.25) is 0 Å². The van der Waals surface area contributed by atoms with Crippen molar-refractivity contribution in [3.63, 3.8) is 0 Å². The second-order valence-corrected chi connectivity index (χ2v) is 10.4. The molecule has 1 aliphatic carbocycles. The van der Waals surface area contributed by atoms with Crippen LogP contribution in [-0.2, 0) is 19.4 Å². The highest BCUT2D eigenvalue weighted by atomic mass is 32.1. The van der Waals surface area contributed by atoms with E-state index < -0.39 is 0 Å². The first-order chi connectivity index (χ1) is 17.9. The van der Waals surface area contributed by atoms with Gasteiger partial charge in [-0.15, -0.1) is 0 Å². The molecule has 0 aromatic heterocycles. The number of allylic oxidation sites excluding steroid dienone is 1. The molecule has 5 nitrogen and oxygen atoms in total. The van der Waals surface area contributed by atoms with Gasteiger partial charge in [0, 0.05) is 23.4 Å². The zero-order valence-electron chi connectivity index (χ0n) is 21.4. The number of nitrogens with one attached hydrogen (secondary N) is 2. The monoisotopic (exact) mass is 511 g/mol. The predicted molar refractivity (Wildman–Crippen MR) is 154 cm³/mol. The molecule has 37 heavy (non-hydrogen) atoms. The minimum atomic E-state index is -0.0580. The van der Waals surface area contributed by atoms with Crippen LogP contribution in [0.4, 0.5) is 5.69 Å². The Balaban J connectivity index is 1.30. The molecule has 0 spiro atoms. The molecule has 3 N–H and O–H groups in total. The maximum atomic E-state index is 13.1. The van der Waals surface area contributed by atoms with Crippen molar-refractivity contribution in [2.45, 2.75) is 46.1 Å². The first kappa shape index (κ1) is 25.0. The summed E-state index contributed by atoms with van der Waals surface area (Å²) in [5.74, 6) is 0.688. The summed E-state index contributed by atoms with van der Waals surface area (Å²) in [6.07, 6.45) is 6.20. The van der Waals surface area contributed by atoms with Crippen molar-refractivity contribution >= 4 is 34.6 Å². The predicted octanol–water partition coefficient (Wildman–Crippen LogP) is 6.20. The van der Waals surface area contributed by atoms with Crippen LogP contribution in [0.1, 0.15) is 57.9 Å². The number of rotatable bonds is 6. The lowest BCUT2D eigenvalue weighted by atomic mass is 9.84. The Morgan fingerprint density at radius 1 is 1.16 bits per heavy atom. The molecule has 1 unspecified atom stereocenters. The van der Waals surface area contributed by atoms with E-state index in [9.17, 15) is 9.90 Å². The van der Waals surface area contributed by atoms with E-state index in [2.05, 4.69) is 52.8 Å². The number of benzene rings is 3. The molecule has 3 aromatic rings. The topological polar surface area (TPSA) is 64.6 Å². The van der Waals surface area contributed by atoms with E-state index in [0.717, 1.165) is 53.8 Å². The minimum Gasteiger partial charge on any atom is -0.508 e. The average molecular weight is 512 g/mol. The summed E-state index contributed by atoms with van der Waals surface area (Å²) >= 11 is 5.75. The number of carbonyl (C=O) groups excluding carboxylic acids is 1. The third-order valence-corrected chi connectivity index (χ3v) is 7.66.